The summed E-state index contributed by atoms with van der Waals surface area (Å²) in [5, 5.41) is 9.17. The van der Waals surface area contributed by atoms with Gasteiger partial charge >= 0.3 is 0 Å². The summed E-state index contributed by atoms with van der Waals surface area (Å²) < 4.78 is 18.9. The van der Waals surface area contributed by atoms with Gasteiger partial charge in [-0.1, -0.05) is 18.2 Å². The summed E-state index contributed by atoms with van der Waals surface area (Å²) in [6.45, 7) is 4.93. The van der Waals surface area contributed by atoms with E-state index in [2.05, 4.69) is 21.9 Å². The van der Waals surface area contributed by atoms with Gasteiger partial charge in [-0.2, -0.15) is 0 Å². The monoisotopic (exact) mass is 442 g/mol. The SMILES string of the molecule is COc1ccc2c(c1)[C@@H](N1CCN(CCO)CC1)C[C@H]2c1ccc(F)cc1.Cl.Cl. The molecule has 0 spiro atoms. The van der Waals surface area contributed by atoms with E-state index in [0.29, 0.717) is 6.04 Å². The van der Waals surface area contributed by atoms with Crippen molar-refractivity contribution in [3.63, 3.8) is 0 Å². The van der Waals surface area contributed by atoms with Crippen LogP contribution in [0.25, 0.3) is 0 Å². The highest BCUT2D eigenvalue weighted by atomic mass is 35.5. The van der Waals surface area contributed by atoms with E-state index in [1.54, 1.807) is 19.2 Å². The van der Waals surface area contributed by atoms with Crippen molar-refractivity contribution in [2.75, 3.05) is 46.4 Å². The van der Waals surface area contributed by atoms with Crippen molar-refractivity contribution < 1.29 is 14.2 Å². The van der Waals surface area contributed by atoms with Gasteiger partial charge in [0, 0.05) is 44.7 Å². The van der Waals surface area contributed by atoms with Crippen molar-refractivity contribution in [3.05, 3.63) is 65.0 Å². The number of fused-ring (bicyclic) bond motifs is 1. The number of benzene rings is 2. The summed E-state index contributed by atoms with van der Waals surface area (Å²) in [5.41, 5.74) is 3.83. The second kappa shape index (κ2) is 10.6. The Balaban J connectivity index is 0.00000150. The van der Waals surface area contributed by atoms with Gasteiger partial charge in [-0.05, 0) is 47.4 Å². The summed E-state index contributed by atoms with van der Waals surface area (Å²) in [6.07, 6.45) is 1.01. The topological polar surface area (TPSA) is 35.9 Å². The highest BCUT2D eigenvalue weighted by molar-refractivity contribution is 5.85. The molecule has 1 N–H and O–H groups in total. The maximum absolute atomic E-state index is 13.4. The van der Waals surface area contributed by atoms with Crippen molar-refractivity contribution in [1.29, 1.82) is 0 Å². The number of aliphatic hydroxyl groups is 1. The van der Waals surface area contributed by atoms with Crippen molar-refractivity contribution >= 4 is 24.8 Å². The van der Waals surface area contributed by atoms with Gasteiger partial charge in [0.15, 0.2) is 0 Å². The number of aliphatic hydroxyl groups excluding tert-OH is 1. The van der Waals surface area contributed by atoms with E-state index in [0.717, 1.165) is 44.9 Å². The zero-order valence-corrected chi connectivity index (χ0v) is 18.2. The number of piperazine rings is 1. The molecule has 1 aliphatic carbocycles. The lowest BCUT2D eigenvalue weighted by Gasteiger charge is -2.38. The average Bonchev–Trinajstić information content (AvgIpc) is 3.08. The number of rotatable bonds is 5. The fourth-order valence-corrected chi connectivity index (χ4v) is 4.56. The first-order valence-corrected chi connectivity index (χ1v) is 9.70. The molecule has 2 aromatic carbocycles. The second-order valence-corrected chi connectivity index (χ2v) is 7.45. The lowest BCUT2D eigenvalue weighted by molar-refractivity contribution is 0.0827. The van der Waals surface area contributed by atoms with E-state index in [9.17, 15) is 4.39 Å². The number of methoxy groups -OCH3 is 1. The van der Waals surface area contributed by atoms with Crippen LogP contribution in [-0.2, 0) is 0 Å². The van der Waals surface area contributed by atoms with Crippen LogP contribution in [0, 0.1) is 5.82 Å². The van der Waals surface area contributed by atoms with E-state index in [4.69, 9.17) is 9.84 Å². The number of hydrogen-bond donors (Lipinski definition) is 1. The van der Waals surface area contributed by atoms with Crippen LogP contribution in [0.4, 0.5) is 4.39 Å². The first-order chi connectivity index (χ1) is 13.2. The molecule has 4 nitrogen and oxygen atoms in total. The first-order valence-electron chi connectivity index (χ1n) is 9.70. The van der Waals surface area contributed by atoms with E-state index in [1.165, 1.54) is 16.7 Å². The minimum Gasteiger partial charge on any atom is -0.497 e. The van der Waals surface area contributed by atoms with Crippen molar-refractivity contribution in [1.82, 2.24) is 9.80 Å². The van der Waals surface area contributed by atoms with Crippen molar-refractivity contribution in [3.8, 4) is 5.75 Å². The molecular formula is C22H29Cl2FN2O2. The molecule has 0 bridgehead atoms. The largest absolute Gasteiger partial charge is 0.497 e. The maximum Gasteiger partial charge on any atom is 0.123 e. The molecule has 7 heteroatoms. The highest BCUT2D eigenvalue weighted by Gasteiger charge is 2.36. The van der Waals surface area contributed by atoms with Crippen LogP contribution in [0.5, 0.6) is 5.75 Å². The van der Waals surface area contributed by atoms with Crippen LogP contribution in [0.1, 0.15) is 35.1 Å². The van der Waals surface area contributed by atoms with Gasteiger partial charge in [0.1, 0.15) is 11.6 Å². The standard InChI is InChI=1S/C22H27FN2O2.2ClH/c1-27-18-6-7-19-20(16-2-4-17(23)5-3-16)15-22(21(19)14-18)25-10-8-24(9-11-25)12-13-26;;/h2-7,14,20,22,26H,8-13,15H2,1H3;2*1H/t20-,22-;;/m0../s1. The Morgan fingerprint density at radius 3 is 2.31 bits per heavy atom. The second-order valence-electron chi connectivity index (χ2n) is 7.45. The Morgan fingerprint density at radius 2 is 1.69 bits per heavy atom. The van der Waals surface area contributed by atoms with Gasteiger partial charge in [-0.3, -0.25) is 9.80 Å². The van der Waals surface area contributed by atoms with Gasteiger partial charge in [-0.15, -0.1) is 24.8 Å². The van der Waals surface area contributed by atoms with Crippen molar-refractivity contribution in [2.24, 2.45) is 0 Å². The van der Waals surface area contributed by atoms with E-state index in [1.807, 2.05) is 18.2 Å². The summed E-state index contributed by atoms with van der Waals surface area (Å²) in [7, 11) is 1.71. The van der Waals surface area contributed by atoms with E-state index < -0.39 is 0 Å². The molecule has 0 unspecified atom stereocenters. The van der Waals surface area contributed by atoms with Crippen LogP contribution in [0.15, 0.2) is 42.5 Å². The summed E-state index contributed by atoms with van der Waals surface area (Å²) in [4.78, 5) is 4.87. The first kappa shape index (κ1) is 23.9. The molecule has 0 saturated carbocycles. The van der Waals surface area contributed by atoms with Gasteiger partial charge in [0.25, 0.3) is 0 Å². The molecule has 0 aromatic heterocycles. The lowest BCUT2D eigenvalue weighted by atomic mass is 9.93. The van der Waals surface area contributed by atoms with E-state index >= 15 is 0 Å². The van der Waals surface area contributed by atoms with Crippen LogP contribution >= 0.6 is 24.8 Å². The molecule has 160 valence electrons. The molecule has 0 radical (unpaired) electrons. The Bertz CT molecular complexity index is 783. The van der Waals surface area contributed by atoms with Crippen LogP contribution in [0.3, 0.4) is 0 Å². The summed E-state index contributed by atoms with van der Waals surface area (Å²) >= 11 is 0. The summed E-state index contributed by atoms with van der Waals surface area (Å²) in [6, 6.07) is 13.6. The van der Waals surface area contributed by atoms with Gasteiger partial charge in [0.05, 0.1) is 13.7 Å². The number of halogens is 3. The fraction of sp³-hybridized carbons (Fsp3) is 0.455. The normalized spacial score (nSPS) is 21.8. The molecule has 1 heterocycles. The molecule has 2 aliphatic rings. The van der Waals surface area contributed by atoms with Gasteiger partial charge < -0.3 is 9.84 Å². The molecule has 2 aromatic rings. The molecule has 1 aliphatic heterocycles. The average molecular weight is 443 g/mol. The van der Waals surface area contributed by atoms with Crippen LogP contribution in [0.2, 0.25) is 0 Å². The molecule has 1 fully saturated rings. The molecule has 2 atom stereocenters. The van der Waals surface area contributed by atoms with E-state index in [-0.39, 0.29) is 43.2 Å². The summed E-state index contributed by atoms with van der Waals surface area (Å²) in [5.74, 6) is 0.979. The number of β-amino-alcohol motifs (C(OH)–C–C–N with tert-alkyl or cyclic N) is 1. The molecule has 0 amide bonds. The number of hydrogen-bond acceptors (Lipinski definition) is 4. The predicted molar refractivity (Wildman–Crippen MR) is 118 cm³/mol. The predicted octanol–water partition coefficient (Wildman–Crippen LogP) is 3.86. The number of nitrogens with zero attached hydrogens (tertiary/aromatic N) is 2. The Kier molecular flexibility index (Phi) is 8.73. The Morgan fingerprint density at radius 1 is 1.00 bits per heavy atom. The quantitative estimate of drug-likeness (QED) is 0.762. The smallest absolute Gasteiger partial charge is 0.123 e. The zero-order chi connectivity index (χ0) is 18.8. The minimum absolute atomic E-state index is 0. The fourth-order valence-electron chi connectivity index (χ4n) is 4.56. The third kappa shape index (κ3) is 5.04. The minimum atomic E-state index is -0.191. The highest BCUT2D eigenvalue weighted by Crippen LogP contribution is 2.48. The molecule has 29 heavy (non-hydrogen) atoms. The third-order valence-electron chi connectivity index (χ3n) is 6.02. The van der Waals surface area contributed by atoms with Gasteiger partial charge in [0.2, 0.25) is 0 Å². The third-order valence-corrected chi connectivity index (χ3v) is 6.02. The lowest BCUT2D eigenvalue weighted by Crippen LogP contribution is -2.48. The van der Waals surface area contributed by atoms with Crippen LogP contribution in [-0.4, -0.2) is 61.3 Å². The van der Waals surface area contributed by atoms with Gasteiger partial charge in [-0.25, -0.2) is 4.39 Å². The Labute approximate surface area is 184 Å². The molecule has 4 rings (SSSR count). The van der Waals surface area contributed by atoms with Crippen molar-refractivity contribution in [2.45, 2.75) is 18.4 Å². The van der Waals surface area contributed by atoms with Crippen LogP contribution < -0.4 is 4.74 Å². The molecule has 1 saturated heterocycles. The zero-order valence-electron chi connectivity index (χ0n) is 16.6. The Hall–Kier alpha value is -1.37. The number of ether oxygens (including phenoxy) is 1. The molecular weight excluding hydrogens is 414 g/mol. The maximum atomic E-state index is 13.4.